The van der Waals surface area contributed by atoms with E-state index in [1.54, 1.807) is 13.1 Å². The van der Waals surface area contributed by atoms with Crippen molar-refractivity contribution in [1.82, 2.24) is 15.6 Å². The van der Waals surface area contributed by atoms with Crippen LogP contribution in [0.25, 0.3) is 0 Å². The van der Waals surface area contributed by atoms with Crippen molar-refractivity contribution in [3.8, 4) is 0 Å². The van der Waals surface area contributed by atoms with Crippen LogP contribution >= 0.6 is 0 Å². The third-order valence-electron chi connectivity index (χ3n) is 5.01. The number of amides is 2. The maximum atomic E-state index is 12.0. The molecule has 144 valence electrons. The second-order valence-corrected chi connectivity index (χ2v) is 8.76. The van der Waals surface area contributed by atoms with Crippen molar-refractivity contribution in [3.05, 3.63) is 30.1 Å². The highest BCUT2D eigenvalue weighted by Crippen LogP contribution is 2.36. The first kappa shape index (κ1) is 20.4. The van der Waals surface area contributed by atoms with E-state index >= 15 is 0 Å². The van der Waals surface area contributed by atoms with Crippen LogP contribution in [0.3, 0.4) is 0 Å². The summed E-state index contributed by atoms with van der Waals surface area (Å²) in [5, 5.41) is 6.18. The lowest BCUT2D eigenvalue weighted by Crippen LogP contribution is -2.37. The summed E-state index contributed by atoms with van der Waals surface area (Å²) in [6, 6.07) is 5.82. The van der Waals surface area contributed by atoms with Gasteiger partial charge in [-0.05, 0) is 55.1 Å². The predicted molar refractivity (Wildman–Crippen MR) is 103 cm³/mol. The predicted octanol–water partition coefficient (Wildman–Crippen LogP) is 3.62. The monoisotopic (exact) mass is 359 g/mol. The highest BCUT2D eigenvalue weighted by Gasteiger charge is 2.30. The molecule has 0 spiro atoms. The molecule has 1 atom stereocenters. The summed E-state index contributed by atoms with van der Waals surface area (Å²) in [5.41, 5.74) is 0.959. The minimum Gasteiger partial charge on any atom is -0.356 e. The maximum absolute atomic E-state index is 12.0. The molecule has 0 bridgehead atoms. The molecular weight excluding hydrogens is 326 g/mol. The minimum atomic E-state index is -0.0230. The second-order valence-electron chi connectivity index (χ2n) is 8.76. The molecule has 1 aromatic rings. The van der Waals surface area contributed by atoms with Crippen molar-refractivity contribution in [2.75, 3.05) is 6.54 Å². The zero-order chi connectivity index (χ0) is 19.2. The van der Waals surface area contributed by atoms with Gasteiger partial charge in [-0.15, -0.1) is 0 Å². The first-order chi connectivity index (χ1) is 12.2. The molecule has 1 aliphatic carbocycles. The topological polar surface area (TPSA) is 71.1 Å². The zero-order valence-corrected chi connectivity index (χ0v) is 16.5. The van der Waals surface area contributed by atoms with Crippen molar-refractivity contribution in [2.45, 2.75) is 65.8 Å². The smallest absolute Gasteiger partial charge is 0.220 e. The van der Waals surface area contributed by atoms with Crippen LogP contribution in [-0.2, 0) is 9.59 Å². The summed E-state index contributed by atoms with van der Waals surface area (Å²) >= 11 is 0. The molecule has 26 heavy (non-hydrogen) atoms. The second kappa shape index (κ2) is 9.15. The first-order valence-electron chi connectivity index (χ1n) is 9.69. The number of carbonyl (C=O) groups excluding carboxylic acids is 2. The van der Waals surface area contributed by atoms with Crippen LogP contribution in [0.4, 0.5) is 0 Å². The molecule has 1 saturated carbocycles. The molecule has 0 radical (unpaired) electrons. The Bertz CT molecular complexity index is 587. The standard InChI is InChI=1S/C21H33N3O2/c1-15(25)24-20(18-7-5-6-12-22-18)17-10-8-16(9-11-17)14-23-19(26)13-21(2,3)4/h5-7,12,16-17,20H,8-11,13-14H2,1-4H3,(H,23,26)(H,24,25)/t16?,17?,20-/m0/s1. The Hall–Kier alpha value is -1.91. The maximum Gasteiger partial charge on any atom is 0.220 e. The van der Waals surface area contributed by atoms with Gasteiger partial charge in [-0.25, -0.2) is 0 Å². The van der Waals surface area contributed by atoms with Gasteiger partial charge >= 0.3 is 0 Å². The van der Waals surface area contributed by atoms with E-state index in [-0.39, 0.29) is 23.3 Å². The molecule has 2 rings (SSSR count). The van der Waals surface area contributed by atoms with Crippen LogP contribution in [0.15, 0.2) is 24.4 Å². The molecule has 0 aromatic carbocycles. The highest BCUT2D eigenvalue weighted by atomic mass is 16.2. The summed E-state index contributed by atoms with van der Waals surface area (Å²) in [6.07, 6.45) is 6.57. The van der Waals surface area contributed by atoms with Gasteiger partial charge in [0.15, 0.2) is 0 Å². The van der Waals surface area contributed by atoms with Gasteiger partial charge in [0.25, 0.3) is 0 Å². The number of hydrogen-bond donors (Lipinski definition) is 2. The van der Waals surface area contributed by atoms with Crippen molar-refractivity contribution < 1.29 is 9.59 Å². The summed E-state index contributed by atoms with van der Waals surface area (Å²) in [7, 11) is 0. The molecule has 1 fully saturated rings. The summed E-state index contributed by atoms with van der Waals surface area (Å²) < 4.78 is 0. The molecule has 0 unspecified atom stereocenters. The van der Waals surface area contributed by atoms with Crippen LogP contribution in [0.5, 0.6) is 0 Å². The average molecular weight is 360 g/mol. The Morgan fingerprint density at radius 1 is 1.19 bits per heavy atom. The number of nitrogens with zero attached hydrogens (tertiary/aromatic N) is 1. The molecule has 0 saturated heterocycles. The zero-order valence-electron chi connectivity index (χ0n) is 16.5. The van der Waals surface area contributed by atoms with Crippen LogP contribution < -0.4 is 10.6 Å². The largest absolute Gasteiger partial charge is 0.356 e. The SMILES string of the molecule is CC(=O)N[C@H](c1ccccn1)C1CCC(CNC(=O)CC(C)(C)C)CC1. The number of hydrogen-bond acceptors (Lipinski definition) is 3. The van der Waals surface area contributed by atoms with E-state index in [2.05, 4.69) is 36.4 Å². The summed E-state index contributed by atoms with van der Waals surface area (Å²) in [4.78, 5) is 28.1. The van der Waals surface area contributed by atoms with E-state index in [9.17, 15) is 9.59 Å². The van der Waals surface area contributed by atoms with Crippen LogP contribution in [0, 0.1) is 17.3 Å². The molecule has 2 amide bonds. The normalized spacial score (nSPS) is 21.7. The quantitative estimate of drug-likeness (QED) is 0.815. The van der Waals surface area contributed by atoms with Crippen molar-refractivity contribution in [1.29, 1.82) is 0 Å². The number of pyridine rings is 1. The fraction of sp³-hybridized carbons (Fsp3) is 0.667. The van der Waals surface area contributed by atoms with E-state index < -0.39 is 0 Å². The number of nitrogens with one attached hydrogen (secondary N) is 2. The lowest BCUT2D eigenvalue weighted by atomic mass is 9.77. The van der Waals surface area contributed by atoms with Crippen molar-refractivity contribution >= 4 is 11.8 Å². The van der Waals surface area contributed by atoms with E-state index in [4.69, 9.17) is 0 Å². The Morgan fingerprint density at radius 2 is 1.88 bits per heavy atom. The van der Waals surface area contributed by atoms with Crippen molar-refractivity contribution in [3.63, 3.8) is 0 Å². The Morgan fingerprint density at radius 3 is 2.42 bits per heavy atom. The van der Waals surface area contributed by atoms with Gasteiger partial charge < -0.3 is 10.6 Å². The highest BCUT2D eigenvalue weighted by molar-refractivity contribution is 5.76. The first-order valence-corrected chi connectivity index (χ1v) is 9.69. The molecule has 1 aliphatic rings. The molecule has 5 heteroatoms. The van der Waals surface area contributed by atoms with Crippen LogP contribution in [0.1, 0.15) is 71.5 Å². The minimum absolute atomic E-state index is 0.0165. The van der Waals surface area contributed by atoms with Crippen LogP contribution in [0.2, 0.25) is 0 Å². The summed E-state index contributed by atoms with van der Waals surface area (Å²) in [6.45, 7) is 8.56. The fourth-order valence-corrected chi connectivity index (χ4v) is 3.74. The molecular formula is C21H33N3O2. The Kier molecular flexibility index (Phi) is 7.18. The molecule has 0 aliphatic heterocycles. The van der Waals surface area contributed by atoms with E-state index in [1.807, 2.05) is 18.2 Å². The number of carbonyl (C=O) groups is 2. The fourth-order valence-electron chi connectivity index (χ4n) is 3.74. The molecule has 5 nitrogen and oxygen atoms in total. The van der Waals surface area contributed by atoms with E-state index in [1.165, 1.54) is 0 Å². The molecule has 2 N–H and O–H groups in total. The Balaban J connectivity index is 1.85. The molecule has 1 heterocycles. The number of rotatable bonds is 6. The molecule has 1 aromatic heterocycles. The van der Waals surface area contributed by atoms with E-state index in [0.29, 0.717) is 18.3 Å². The summed E-state index contributed by atoms with van der Waals surface area (Å²) in [5.74, 6) is 1.05. The van der Waals surface area contributed by atoms with Gasteiger partial charge in [0.2, 0.25) is 11.8 Å². The van der Waals surface area contributed by atoms with Gasteiger partial charge in [0.1, 0.15) is 0 Å². The number of aromatic nitrogens is 1. The third kappa shape index (κ3) is 6.77. The van der Waals surface area contributed by atoms with Gasteiger partial charge in [0, 0.05) is 26.1 Å². The Labute approximate surface area is 157 Å². The third-order valence-corrected chi connectivity index (χ3v) is 5.01. The average Bonchev–Trinajstić information content (AvgIpc) is 2.57. The van der Waals surface area contributed by atoms with Gasteiger partial charge in [-0.2, -0.15) is 0 Å². The van der Waals surface area contributed by atoms with E-state index in [0.717, 1.165) is 37.9 Å². The van der Waals surface area contributed by atoms with Gasteiger partial charge in [-0.1, -0.05) is 26.8 Å². The lowest BCUT2D eigenvalue weighted by molar-refractivity contribution is -0.123. The lowest BCUT2D eigenvalue weighted by Gasteiger charge is -2.34. The van der Waals surface area contributed by atoms with Gasteiger partial charge in [0.05, 0.1) is 11.7 Å². The van der Waals surface area contributed by atoms with Crippen molar-refractivity contribution in [2.24, 2.45) is 17.3 Å². The van der Waals surface area contributed by atoms with Gasteiger partial charge in [-0.3, -0.25) is 14.6 Å². The van der Waals surface area contributed by atoms with Crippen LogP contribution in [-0.4, -0.2) is 23.3 Å².